The number of fused-ring (bicyclic) bond motifs is 2. The predicted octanol–water partition coefficient (Wildman–Crippen LogP) is 2.80. The second kappa shape index (κ2) is 12.0. The maximum atomic E-state index is 13.8. The van der Waals surface area contributed by atoms with E-state index in [0.717, 1.165) is 32.1 Å². The van der Waals surface area contributed by atoms with Crippen LogP contribution in [0.1, 0.15) is 72.1 Å². The van der Waals surface area contributed by atoms with Crippen molar-refractivity contribution in [2.24, 2.45) is 5.92 Å². The van der Waals surface area contributed by atoms with Gasteiger partial charge >= 0.3 is 12.1 Å². The summed E-state index contributed by atoms with van der Waals surface area (Å²) in [4.78, 5) is 40.9. The van der Waals surface area contributed by atoms with Crippen molar-refractivity contribution in [2.45, 2.75) is 95.9 Å². The van der Waals surface area contributed by atoms with Crippen molar-refractivity contribution in [2.75, 3.05) is 33.0 Å². The van der Waals surface area contributed by atoms with Gasteiger partial charge in [0.05, 0.1) is 12.7 Å². The Balaban J connectivity index is 1.82. The quantitative estimate of drug-likeness (QED) is 0.622. The molecule has 3 fully saturated rings. The van der Waals surface area contributed by atoms with Gasteiger partial charge in [0.15, 0.2) is 0 Å². The minimum Gasteiger partial charge on any atom is -0.458 e. The molecule has 2 bridgehead atoms. The van der Waals surface area contributed by atoms with Gasteiger partial charge in [-0.2, -0.15) is 0 Å². The molecule has 2 heterocycles. The number of hydrogen-bond donors (Lipinski definition) is 1. The predicted molar refractivity (Wildman–Crippen MR) is 121 cm³/mol. The number of nitrogens with zero attached hydrogens (tertiary/aromatic N) is 1. The summed E-state index contributed by atoms with van der Waals surface area (Å²) in [6.45, 7) is 7.48. The number of rotatable bonds is 2. The van der Waals surface area contributed by atoms with E-state index in [1.807, 2.05) is 20.8 Å². The molecule has 3 aliphatic rings. The van der Waals surface area contributed by atoms with Gasteiger partial charge in [0.25, 0.3) is 0 Å². The fourth-order valence-corrected chi connectivity index (χ4v) is 4.79. The normalized spacial score (nSPS) is 29.3. The Kier molecular flexibility index (Phi) is 9.37. The molecule has 9 nitrogen and oxygen atoms in total. The molecule has 0 aromatic carbocycles. The van der Waals surface area contributed by atoms with Crippen molar-refractivity contribution in [3.8, 4) is 0 Å². The SMILES string of the molecule is CC(C)(C)OC(=O)[C@@H]1C[C@@H]2CN1C(=O)[C@H](C1CCCCC1)NC(=O)OCCCOCCCO2. The van der Waals surface area contributed by atoms with Crippen molar-refractivity contribution < 1.29 is 33.3 Å². The fourth-order valence-electron chi connectivity index (χ4n) is 4.79. The number of carbonyl (C=O) groups is 3. The standard InChI is InChI=1S/C24H40N2O7/c1-24(2,3)33-22(28)19-15-18-16-26(19)21(27)20(17-9-5-4-6-10-17)25-23(29)32-14-8-12-30-11-7-13-31-18/h17-20H,4-16H2,1-3H3,(H,25,29)/t18-,19+,20+/m1/s1. The lowest BCUT2D eigenvalue weighted by molar-refractivity contribution is -0.163. The van der Waals surface area contributed by atoms with Crippen molar-refractivity contribution >= 4 is 18.0 Å². The molecule has 0 radical (unpaired) electrons. The molecule has 3 atom stereocenters. The average molecular weight is 469 g/mol. The Labute approximate surface area is 196 Å². The summed E-state index contributed by atoms with van der Waals surface area (Å²) < 4.78 is 22.5. The average Bonchev–Trinajstić information content (AvgIpc) is 3.19. The first-order valence-corrected chi connectivity index (χ1v) is 12.4. The summed E-state index contributed by atoms with van der Waals surface area (Å²) in [5, 5.41) is 2.82. The summed E-state index contributed by atoms with van der Waals surface area (Å²) in [6.07, 6.45) is 5.69. The maximum Gasteiger partial charge on any atom is 0.407 e. The number of nitrogens with one attached hydrogen (secondary N) is 1. The molecule has 1 N–H and O–H groups in total. The molecular formula is C24H40N2O7. The van der Waals surface area contributed by atoms with Gasteiger partial charge in [0.2, 0.25) is 5.91 Å². The molecule has 0 aromatic rings. The van der Waals surface area contributed by atoms with Gasteiger partial charge < -0.3 is 29.2 Å². The van der Waals surface area contributed by atoms with E-state index in [-0.39, 0.29) is 24.5 Å². The Morgan fingerprint density at radius 1 is 1.00 bits per heavy atom. The molecule has 1 saturated carbocycles. The largest absolute Gasteiger partial charge is 0.458 e. The number of ether oxygens (including phenoxy) is 4. The van der Waals surface area contributed by atoms with Crippen molar-refractivity contribution in [3.05, 3.63) is 0 Å². The van der Waals surface area contributed by atoms with Crippen LogP contribution in [-0.2, 0) is 28.5 Å². The molecule has 9 heteroatoms. The highest BCUT2D eigenvalue weighted by Crippen LogP contribution is 2.31. The third-order valence-corrected chi connectivity index (χ3v) is 6.34. The first-order valence-electron chi connectivity index (χ1n) is 12.4. The van der Waals surface area contributed by atoms with Crippen LogP contribution in [-0.4, -0.2) is 79.6 Å². The van der Waals surface area contributed by atoms with Gasteiger partial charge in [-0.05, 0) is 46.0 Å². The van der Waals surface area contributed by atoms with Crippen LogP contribution >= 0.6 is 0 Å². The molecule has 2 aliphatic heterocycles. The molecule has 188 valence electrons. The first-order chi connectivity index (χ1) is 15.7. The molecule has 3 rings (SSSR count). The van der Waals surface area contributed by atoms with Gasteiger partial charge in [-0.15, -0.1) is 0 Å². The highest BCUT2D eigenvalue weighted by molar-refractivity contribution is 5.90. The highest BCUT2D eigenvalue weighted by Gasteiger charge is 2.45. The monoisotopic (exact) mass is 468 g/mol. The summed E-state index contributed by atoms with van der Waals surface area (Å²) >= 11 is 0. The molecule has 2 amide bonds. The van der Waals surface area contributed by atoms with Gasteiger partial charge in [-0.25, -0.2) is 9.59 Å². The molecule has 33 heavy (non-hydrogen) atoms. The lowest BCUT2D eigenvalue weighted by Crippen LogP contribution is -2.55. The second-order valence-electron chi connectivity index (χ2n) is 10.2. The van der Waals surface area contributed by atoms with Crippen molar-refractivity contribution in [3.63, 3.8) is 0 Å². The minimum absolute atomic E-state index is 0.0141. The molecule has 2 saturated heterocycles. The zero-order chi connectivity index (χ0) is 23.8. The lowest BCUT2D eigenvalue weighted by Gasteiger charge is -2.34. The second-order valence-corrected chi connectivity index (χ2v) is 10.2. The zero-order valence-electron chi connectivity index (χ0n) is 20.3. The van der Waals surface area contributed by atoms with Gasteiger partial charge in [-0.3, -0.25) is 4.79 Å². The third-order valence-electron chi connectivity index (χ3n) is 6.34. The summed E-state index contributed by atoms with van der Waals surface area (Å²) in [6, 6.07) is -1.47. The van der Waals surface area contributed by atoms with E-state index < -0.39 is 29.7 Å². The van der Waals surface area contributed by atoms with Crippen LogP contribution in [0.2, 0.25) is 0 Å². The van der Waals surface area contributed by atoms with Crippen molar-refractivity contribution in [1.29, 1.82) is 0 Å². The lowest BCUT2D eigenvalue weighted by atomic mass is 9.83. The third kappa shape index (κ3) is 7.84. The molecule has 0 spiro atoms. The number of alkyl carbamates (subject to hydrolysis) is 1. The van der Waals surface area contributed by atoms with Crippen molar-refractivity contribution in [1.82, 2.24) is 10.2 Å². The summed E-state index contributed by atoms with van der Waals surface area (Å²) in [5.74, 6) is -0.676. The zero-order valence-corrected chi connectivity index (χ0v) is 20.3. The van der Waals surface area contributed by atoms with Crippen LogP contribution in [0.15, 0.2) is 0 Å². The van der Waals surface area contributed by atoms with Crippen LogP contribution in [0.25, 0.3) is 0 Å². The minimum atomic E-state index is -0.738. The van der Waals surface area contributed by atoms with Crippen LogP contribution < -0.4 is 5.32 Å². The van der Waals surface area contributed by atoms with E-state index in [4.69, 9.17) is 18.9 Å². The Bertz CT molecular complexity index is 672. The molecular weight excluding hydrogens is 428 g/mol. The van der Waals surface area contributed by atoms with Gasteiger partial charge in [0, 0.05) is 39.2 Å². The fraction of sp³-hybridized carbons (Fsp3) is 0.875. The molecule has 1 aliphatic carbocycles. The van der Waals surface area contributed by atoms with Crippen LogP contribution in [0.5, 0.6) is 0 Å². The van der Waals surface area contributed by atoms with E-state index >= 15 is 0 Å². The summed E-state index contributed by atoms with van der Waals surface area (Å²) in [7, 11) is 0. The van der Waals surface area contributed by atoms with E-state index in [2.05, 4.69) is 5.32 Å². The Morgan fingerprint density at radius 2 is 1.70 bits per heavy atom. The highest BCUT2D eigenvalue weighted by atomic mass is 16.6. The number of carbonyl (C=O) groups excluding carboxylic acids is 3. The summed E-state index contributed by atoms with van der Waals surface area (Å²) in [5.41, 5.74) is -0.665. The smallest absolute Gasteiger partial charge is 0.407 e. The number of amides is 2. The number of cyclic esters (lactones) is 1. The van der Waals surface area contributed by atoms with Crippen LogP contribution in [0.4, 0.5) is 4.79 Å². The van der Waals surface area contributed by atoms with Crippen LogP contribution in [0.3, 0.4) is 0 Å². The number of esters is 1. The Morgan fingerprint density at radius 3 is 2.39 bits per heavy atom. The molecule has 0 aromatic heterocycles. The maximum absolute atomic E-state index is 13.8. The van der Waals surface area contributed by atoms with E-state index in [0.29, 0.717) is 45.6 Å². The van der Waals surface area contributed by atoms with Gasteiger partial charge in [0.1, 0.15) is 17.7 Å². The Hall–Kier alpha value is -1.87. The van der Waals surface area contributed by atoms with Crippen LogP contribution in [0, 0.1) is 5.92 Å². The number of hydrogen-bond acceptors (Lipinski definition) is 7. The van der Waals surface area contributed by atoms with E-state index in [9.17, 15) is 14.4 Å². The topological polar surface area (TPSA) is 103 Å². The molecule has 0 unspecified atom stereocenters. The van der Waals surface area contributed by atoms with E-state index in [1.165, 1.54) is 0 Å². The van der Waals surface area contributed by atoms with E-state index in [1.54, 1.807) is 4.90 Å². The first kappa shape index (κ1) is 25.7. The van der Waals surface area contributed by atoms with Gasteiger partial charge in [-0.1, -0.05) is 19.3 Å².